The highest BCUT2D eigenvalue weighted by molar-refractivity contribution is 5.80. The molecule has 0 atom stereocenters. The van der Waals surface area contributed by atoms with Crippen LogP contribution in [0, 0.1) is 11.6 Å². The van der Waals surface area contributed by atoms with E-state index in [2.05, 4.69) is 0 Å². The van der Waals surface area contributed by atoms with E-state index in [0.717, 1.165) is 18.3 Å². The number of aryl methyl sites for hydroxylation is 1. The lowest BCUT2D eigenvalue weighted by Crippen LogP contribution is -2.07. The van der Waals surface area contributed by atoms with Gasteiger partial charge in [0, 0.05) is 13.1 Å². The highest BCUT2D eigenvalue weighted by Crippen LogP contribution is 2.17. The lowest BCUT2D eigenvalue weighted by molar-refractivity contribution is 0.465. The maximum Gasteiger partial charge on any atom is 0.231 e. The summed E-state index contributed by atoms with van der Waals surface area (Å²) in [5, 5.41) is 9.16. The van der Waals surface area contributed by atoms with Gasteiger partial charge in [-0.05, 0) is 6.07 Å². The van der Waals surface area contributed by atoms with Crippen molar-refractivity contribution in [3.63, 3.8) is 0 Å². The largest absolute Gasteiger partial charge is 0.503 e. The maximum atomic E-state index is 12.9. The smallest absolute Gasteiger partial charge is 0.231 e. The summed E-state index contributed by atoms with van der Waals surface area (Å²) < 4.78 is 27.2. The molecule has 0 amide bonds. The molecule has 0 saturated heterocycles. The molecule has 0 aliphatic rings. The van der Waals surface area contributed by atoms with E-state index in [0.29, 0.717) is 0 Å². The Kier molecular flexibility index (Phi) is 1.96. The van der Waals surface area contributed by atoms with E-state index in [1.54, 1.807) is 0 Å². The lowest BCUT2D eigenvalue weighted by Gasteiger charge is -2.06. The second kappa shape index (κ2) is 3.05. The summed E-state index contributed by atoms with van der Waals surface area (Å²) in [5.74, 6) is -2.62. The van der Waals surface area contributed by atoms with Crippen LogP contribution in [0.2, 0.25) is 0 Å². The third-order valence-corrected chi connectivity index (χ3v) is 2.21. The summed E-state index contributed by atoms with van der Waals surface area (Å²) in [5.41, 5.74) is -0.473. The van der Waals surface area contributed by atoms with Gasteiger partial charge in [0.05, 0.1) is 17.1 Å². The number of aromatic hydroxyl groups is 1. The predicted molar refractivity (Wildman–Crippen MR) is 50.8 cm³/mol. The molecule has 2 rings (SSSR count). The Morgan fingerprint density at radius 2 is 1.87 bits per heavy atom. The van der Waals surface area contributed by atoms with Crippen molar-refractivity contribution in [2.75, 3.05) is 0 Å². The van der Waals surface area contributed by atoms with Crippen molar-refractivity contribution in [1.82, 2.24) is 4.57 Å². The molecule has 1 aromatic heterocycles. The van der Waals surface area contributed by atoms with Gasteiger partial charge in [-0.2, -0.15) is 0 Å². The van der Waals surface area contributed by atoms with Crippen molar-refractivity contribution in [2.24, 2.45) is 7.05 Å². The second-order valence-corrected chi connectivity index (χ2v) is 3.24. The molecule has 0 fully saturated rings. The average Bonchev–Trinajstić information content (AvgIpc) is 2.18. The summed E-state index contributed by atoms with van der Waals surface area (Å²) in [6.45, 7) is 0. The number of hydrogen-bond acceptors (Lipinski definition) is 2. The van der Waals surface area contributed by atoms with E-state index >= 15 is 0 Å². The third-order valence-electron chi connectivity index (χ3n) is 2.21. The molecule has 1 heterocycles. The quantitative estimate of drug-likeness (QED) is 0.717. The fourth-order valence-electron chi connectivity index (χ4n) is 1.46. The monoisotopic (exact) mass is 211 g/mol. The van der Waals surface area contributed by atoms with Crippen molar-refractivity contribution < 1.29 is 13.9 Å². The Labute approximate surface area is 83.2 Å². The minimum Gasteiger partial charge on any atom is -0.503 e. The minimum absolute atomic E-state index is 0.0450. The van der Waals surface area contributed by atoms with Crippen LogP contribution in [-0.2, 0) is 7.05 Å². The first kappa shape index (κ1) is 9.64. The second-order valence-electron chi connectivity index (χ2n) is 3.24. The van der Waals surface area contributed by atoms with E-state index in [1.807, 2.05) is 0 Å². The number of aromatic nitrogens is 1. The molecule has 0 aliphatic heterocycles. The molecule has 0 bridgehead atoms. The van der Waals surface area contributed by atoms with Crippen LogP contribution in [0.25, 0.3) is 10.9 Å². The molecule has 0 unspecified atom stereocenters. The van der Waals surface area contributed by atoms with E-state index in [9.17, 15) is 18.7 Å². The zero-order valence-corrected chi connectivity index (χ0v) is 7.79. The summed E-state index contributed by atoms with van der Waals surface area (Å²) in [7, 11) is 1.53. The number of fused-ring (bicyclic) bond motifs is 1. The molecule has 0 saturated carbocycles. The van der Waals surface area contributed by atoms with Gasteiger partial charge in [0.2, 0.25) is 5.43 Å². The lowest BCUT2D eigenvalue weighted by atomic mass is 10.2. The van der Waals surface area contributed by atoms with Gasteiger partial charge in [-0.3, -0.25) is 4.79 Å². The highest BCUT2D eigenvalue weighted by Gasteiger charge is 2.10. The molecule has 5 heteroatoms. The van der Waals surface area contributed by atoms with E-state index in [-0.39, 0.29) is 10.9 Å². The van der Waals surface area contributed by atoms with Crippen LogP contribution in [0.4, 0.5) is 8.78 Å². The van der Waals surface area contributed by atoms with Gasteiger partial charge in [0.25, 0.3) is 0 Å². The van der Waals surface area contributed by atoms with E-state index in [1.165, 1.54) is 11.6 Å². The predicted octanol–water partition coefficient (Wildman–Crippen LogP) is 1.52. The molecule has 1 N–H and O–H groups in total. The molecular weight excluding hydrogens is 204 g/mol. The normalized spacial score (nSPS) is 10.9. The summed E-state index contributed by atoms with van der Waals surface area (Å²) in [4.78, 5) is 11.4. The Morgan fingerprint density at radius 1 is 1.27 bits per heavy atom. The number of halogens is 2. The number of hydrogen-bond donors (Lipinski definition) is 1. The van der Waals surface area contributed by atoms with Crippen molar-refractivity contribution in [3.8, 4) is 5.75 Å². The molecule has 0 radical (unpaired) electrons. The molecule has 15 heavy (non-hydrogen) atoms. The number of nitrogens with zero attached hydrogens (tertiary/aromatic N) is 1. The van der Waals surface area contributed by atoms with Gasteiger partial charge >= 0.3 is 0 Å². The van der Waals surface area contributed by atoms with Crippen LogP contribution in [0.3, 0.4) is 0 Å². The molecule has 2 aromatic rings. The Balaban J connectivity index is 3.04. The summed E-state index contributed by atoms with van der Waals surface area (Å²) >= 11 is 0. The zero-order chi connectivity index (χ0) is 11.2. The van der Waals surface area contributed by atoms with Crippen LogP contribution >= 0.6 is 0 Å². The Hall–Kier alpha value is -1.91. The molecule has 3 nitrogen and oxygen atoms in total. The third kappa shape index (κ3) is 1.36. The molecular formula is C10H7F2NO2. The molecule has 0 aliphatic carbocycles. The fourth-order valence-corrected chi connectivity index (χ4v) is 1.46. The highest BCUT2D eigenvalue weighted by atomic mass is 19.2. The van der Waals surface area contributed by atoms with Crippen LogP contribution in [0.1, 0.15) is 0 Å². The summed E-state index contributed by atoms with van der Waals surface area (Å²) in [6.07, 6.45) is 1.15. The van der Waals surface area contributed by atoms with E-state index < -0.39 is 22.8 Å². The van der Waals surface area contributed by atoms with Crippen LogP contribution in [0.5, 0.6) is 5.75 Å². The Morgan fingerprint density at radius 3 is 2.53 bits per heavy atom. The van der Waals surface area contributed by atoms with Crippen LogP contribution < -0.4 is 5.43 Å². The Bertz CT molecular complexity index is 604. The SMILES string of the molecule is Cn1cc(O)c(=O)c2cc(F)c(F)cc21. The van der Waals surface area contributed by atoms with Crippen molar-refractivity contribution in [2.45, 2.75) is 0 Å². The molecule has 1 aromatic carbocycles. The number of rotatable bonds is 0. The first-order valence-electron chi connectivity index (χ1n) is 4.18. The van der Waals surface area contributed by atoms with Crippen LogP contribution in [-0.4, -0.2) is 9.67 Å². The number of benzene rings is 1. The van der Waals surface area contributed by atoms with Gasteiger partial charge in [-0.15, -0.1) is 0 Å². The topological polar surface area (TPSA) is 42.2 Å². The van der Waals surface area contributed by atoms with E-state index in [4.69, 9.17) is 0 Å². The zero-order valence-electron chi connectivity index (χ0n) is 7.79. The van der Waals surface area contributed by atoms with Crippen molar-refractivity contribution in [3.05, 3.63) is 40.2 Å². The molecule has 0 spiro atoms. The van der Waals surface area contributed by atoms with Gasteiger partial charge in [-0.25, -0.2) is 8.78 Å². The van der Waals surface area contributed by atoms with Crippen LogP contribution in [0.15, 0.2) is 23.1 Å². The van der Waals surface area contributed by atoms with Gasteiger partial charge < -0.3 is 9.67 Å². The molecule has 78 valence electrons. The first-order valence-corrected chi connectivity index (χ1v) is 4.18. The number of pyridine rings is 1. The average molecular weight is 211 g/mol. The van der Waals surface area contributed by atoms with Crippen molar-refractivity contribution in [1.29, 1.82) is 0 Å². The van der Waals surface area contributed by atoms with Crippen molar-refractivity contribution >= 4 is 10.9 Å². The standard InChI is InChI=1S/C10H7F2NO2/c1-13-4-9(14)10(15)5-2-6(11)7(12)3-8(5)13/h2-4,14H,1H3. The van der Waals surface area contributed by atoms with Gasteiger partial charge in [-0.1, -0.05) is 0 Å². The summed E-state index contributed by atoms with van der Waals surface area (Å²) in [6, 6.07) is 1.71. The van der Waals surface area contributed by atoms with Gasteiger partial charge in [0.1, 0.15) is 0 Å². The maximum absolute atomic E-state index is 12.9. The van der Waals surface area contributed by atoms with Gasteiger partial charge in [0.15, 0.2) is 17.4 Å². The fraction of sp³-hybridized carbons (Fsp3) is 0.100. The minimum atomic E-state index is -1.11. The first-order chi connectivity index (χ1) is 7.00.